The average molecular weight is 311 g/mol. The number of thiazole rings is 1. The first kappa shape index (κ1) is 14.5. The average Bonchev–Trinajstić information content (AvgIpc) is 2.74. The van der Waals surface area contributed by atoms with Crippen molar-refractivity contribution in [1.29, 1.82) is 0 Å². The number of carbonyl (C=O) groups is 2. The molecule has 0 atom stereocenters. The van der Waals surface area contributed by atoms with Crippen LogP contribution in [0.1, 0.15) is 18.6 Å². The SMILES string of the molecule is CC(=O)Oc1csc(=Nc2ccc(Cl)cc2)n1C(C)=O. The molecule has 104 valence electrons. The molecule has 2 rings (SSSR count). The number of hydrogen-bond acceptors (Lipinski definition) is 5. The van der Waals surface area contributed by atoms with Gasteiger partial charge < -0.3 is 4.74 Å². The first-order valence-corrected chi connectivity index (χ1v) is 6.93. The molecule has 0 saturated heterocycles. The summed E-state index contributed by atoms with van der Waals surface area (Å²) in [7, 11) is 0. The van der Waals surface area contributed by atoms with E-state index in [4.69, 9.17) is 16.3 Å². The Kier molecular flexibility index (Phi) is 4.36. The fourth-order valence-corrected chi connectivity index (χ4v) is 2.48. The van der Waals surface area contributed by atoms with Crippen LogP contribution in [-0.2, 0) is 4.79 Å². The summed E-state index contributed by atoms with van der Waals surface area (Å²) in [5, 5.41) is 2.17. The zero-order valence-electron chi connectivity index (χ0n) is 10.8. The highest BCUT2D eigenvalue weighted by atomic mass is 35.5. The van der Waals surface area contributed by atoms with Crippen LogP contribution in [0.4, 0.5) is 5.69 Å². The normalized spacial score (nSPS) is 11.4. The second kappa shape index (κ2) is 6.02. The molecule has 20 heavy (non-hydrogen) atoms. The number of aromatic nitrogens is 1. The summed E-state index contributed by atoms with van der Waals surface area (Å²) < 4.78 is 6.23. The quantitative estimate of drug-likeness (QED) is 0.801. The van der Waals surface area contributed by atoms with Gasteiger partial charge in [0.1, 0.15) is 0 Å². The molecule has 0 aliphatic rings. The van der Waals surface area contributed by atoms with Crippen molar-refractivity contribution in [2.75, 3.05) is 0 Å². The first-order valence-electron chi connectivity index (χ1n) is 5.67. The highest BCUT2D eigenvalue weighted by Crippen LogP contribution is 2.17. The molecule has 0 bridgehead atoms. The monoisotopic (exact) mass is 310 g/mol. The van der Waals surface area contributed by atoms with Crippen LogP contribution >= 0.6 is 22.9 Å². The van der Waals surface area contributed by atoms with Crippen molar-refractivity contribution in [3.63, 3.8) is 0 Å². The summed E-state index contributed by atoms with van der Waals surface area (Å²) in [6.45, 7) is 2.65. The fraction of sp³-hybridized carbons (Fsp3) is 0.154. The molecule has 0 aliphatic carbocycles. The Hall–Kier alpha value is -1.92. The van der Waals surface area contributed by atoms with Crippen molar-refractivity contribution in [3.05, 3.63) is 39.5 Å². The Labute approximate surface area is 124 Å². The van der Waals surface area contributed by atoms with Gasteiger partial charge in [-0.05, 0) is 24.3 Å². The van der Waals surface area contributed by atoms with E-state index in [1.54, 1.807) is 29.6 Å². The molecule has 0 unspecified atom stereocenters. The molecule has 0 spiro atoms. The number of carbonyl (C=O) groups excluding carboxylic acids is 2. The molecular formula is C13H11ClN2O3S. The van der Waals surface area contributed by atoms with Crippen molar-refractivity contribution in [2.45, 2.75) is 13.8 Å². The minimum absolute atomic E-state index is 0.169. The van der Waals surface area contributed by atoms with E-state index in [0.717, 1.165) is 0 Å². The van der Waals surface area contributed by atoms with E-state index in [0.29, 0.717) is 15.5 Å². The Bertz CT molecular complexity index is 716. The van der Waals surface area contributed by atoms with Gasteiger partial charge in [0.25, 0.3) is 0 Å². The number of nitrogens with zero attached hydrogens (tertiary/aromatic N) is 2. The minimum atomic E-state index is -0.490. The van der Waals surface area contributed by atoms with Crippen LogP contribution < -0.4 is 9.54 Å². The van der Waals surface area contributed by atoms with Crippen molar-refractivity contribution >= 4 is 40.5 Å². The van der Waals surface area contributed by atoms with Gasteiger partial charge in [-0.1, -0.05) is 11.6 Å². The molecule has 1 aromatic heterocycles. The van der Waals surface area contributed by atoms with E-state index in [1.807, 2.05) is 0 Å². The van der Waals surface area contributed by atoms with Gasteiger partial charge >= 0.3 is 5.97 Å². The topological polar surface area (TPSA) is 60.7 Å². The first-order chi connectivity index (χ1) is 9.47. The number of hydrogen-bond donors (Lipinski definition) is 0. The lowest BCUT2D eigenvalue weighted by molar-refractivity contribution is -0.132. The third kappa shape index (κ3) is 3.34. The Balaban J connectivity index is 2.51. The van der Waals surface area contributed by atoms with Gasteiger partial charge in [0.15, 0.2) is 4.80 Å². The Morgan fingerprint density at radius 1 is 1.25 bits per heavy atom. The molecule has 7 heteroatoms. The molecule has 1 aromatic carbocycles. The van der Waals surface area contributed by atoms with Gasteiger partial charge in [-0.3, -0.25) is 9.59 Å². The third-order valence-corrected chi connectivity index (χ3v) is 3.35. The predicted molar refractivity (Wildman–Crippen MR) is 76.6 cm³/mol. The van der Waals surface area contributed by atoms with E-state index in [1.165, 1.54) is 29.8 Å². The maximum atomic E-state index is 11.7. The van der Waals surface area contributed by atoms with E-state index in [-0.39, 0.29) is 11.8 Å². The summed E-state index contributed by atoms with van der Waals surface area (Å²) in [5.74, 6) is -0.603. The summed E-state index contributed by atoms with van der Waals surface area (Å²) >= 11 is 7.01. The molecule has 0 fully saturated rings. The van der Waals surface area contributed by atoms with Crippen LogP contribution in [0.2, 0.25) is 5.02 Å². The van der Waals surface area contributed by atoms with Crippen LogP contribution in [0.3, 0.4) is 0 Å². The van der Waals surface area contributed by atoms with Gasteiger partial charge in [-0.25, -0.2) is 9.56 Å². The van der Waals surface area contributed by atoms with Crippen LogP contribution in [0.25, 0.3) is 0 Å². The summed E-state index contributed by atoms with van der Waals surface area (Å²) in [4.78, 5) is 27.4. The van der Waals surface area contributed by atoms with Crippen molar-refractivity contribution < 1.29 is 14.3 Å². The van der Waals surface area contributed by atoms with E-state index in [9.17, 15) is 9.59 Å². The maximum absolute atomic E-state index is 11.7. The molecule has 0 radical (unpaired) electrons. The second-order valence-corrected chi connectivity index (χ2v) is 5.17. The molecule has 0 amide bonds. The highest BCUT2D eigenvalue weighted by molar-refractivity contribution is 7.07. The fourth-order valence-electron chi connectivity index (χ4n) is 1.51. The number of benzene rings is 1. The Morgan fingerprint density at radius 2 is 1.90 bits per heavy atom. The number of esters is 1. The lowest BCUT2D eigenvalue weighted by atomic mass is 10.3. The smallest absolute Gasteiger partial charge is 0.309 e. The van der Waals surface area contributed by atoms with E-state index in [2.05, 4.69) is 4.99 Å². The van der Waals surface area contributed by atoms with Crippen LogP contribution in [0, 0.1) is 0 Å². The van der Waals surface area contributed by atoms with Gasteiger partial charge in [0.2, 0.25) is 11.8 Å². The van der Waals surface area contributed by atoms with Crippen molar-refractivity contribution in [3.8, 4) is 5.88 Å². The third-order valence-electron chi connectivity index (χ3n) is 2.29. The molecule has 5 nitrogen and oxygen atoms in total. The largest absolute Gasteiger partial charge is 0.408 e. The summed E-state index contributed by atoms with van der Waals surface area (Å²) in [6, 6.07) is 6.88. The second-order valence-electron chi connectivity index (χ2n) is 3.89. The van der Waals surface area contributed by atoms with Gasteiger partial charge in [0, 0.05) is 18.9 Å². The van der Waals surface area contributed by atoms with Crippen LogP contribution in [0.5, 0.6) is 5.88 Å². The molecule has 0 aliphatic heterocycles. The zero-order chi connectivity index (χ0) is 14.7. The number of halogens is 1. The van der Waals surface area contributed by atoms with Gasteiger partial charge in [-0.15, -0.1) is 11.3 Å². The van der Waals surface area contributed by atoms with Crippen LogP contribution in [-0.4, -0.2) is 16.4 Å². The molecule has 0 saturated carbocycles. The van der Waals surface area contributed by atoms with Crippen molar-refractivity contribution in [2.24, 2.45) is 4.99 Å². The Morgan fingerprint density at radius 3 is 2.45 bits per heavy atom. The standard InChI is InChI=1S/C13H11ClN2O3S/c1-8(17)16-12(19-9(2)18)7-20-13(16)15-11-5-3-10(14)4-6-11/h3-7H,1-2H3. The molecule has 0 N–H and O–H groups in total. The number of rotatable bonds is 2. The summed E-state index contributed by atoms with van der Waals surface area (Å²) in [6.07, 6.45) is 0. The maximum Gasteiger partial charge on any atom is 0.309 e. The lowest BCUT2D eigenvalue weighted by Crippen LogP contribution is -2.22. The van der Waals surface area contributed by atoms with Crippen molar-refractivity contribution in [1.82, 2.24) is 4.57 Å². The highest BCUT2D eigenvalue weighted by Gasteiger charge is 2.12. The van der Waals surface area contributed by atoms with Crippen LogP contribution in [0.15, 0.2) is 34.6 Å². The summed E-state index contributed by atoms with van der Waals surface area (Å²) in [5.41, 5.74) is 0.653. The van der Waals surface area contributed by atoms with Gasteiger partial charge in [-0.2, -0.15) is 0 Å². The number of ether oxygens (including phenoxy) is 1. The zero-order valence-corrected chi connectivity index (χ0v) is 12.4. The lowest BCUT2D eigenvalue weighted by Gasteiger charge is -2.03. The molecular weight excluding hydrogens is 300 g/mol. The van der Waals surface area contributed by atoms with E-state index >= 15 is 0 Å². The minimum Gasteiger partial charge on any atom is -0.408 e. The molecule has 2 aromatic rings. The predicted octanol–water partition coefficient (Wildman–Crippen LogP) is 3.02. The van der Waals surface area contributed by atoms with E-state index < -0.39 is 5.97 Å². The molecule has 1 heterocycles. The van der Waals surface area contributed by atoms with Gasteiger partial charge in [0.05, 0.1) is 11.1 Å².